The lowest BCUT2D eigenvalue weighted by molar-refractivity contribution is 0.0948. The summed E-state index contributed by atoms with van der Waals surface area (Å²) < 4.78 is 5.26. The molecule has 0 bridgehead atoms. The molecule has 1 N–H and O–H groups in total. The molecule has 1 atom stereocenters. The lowest BCUT2D eigenvalue weighted by Gasteiger charge is -2.33. The standard InChI is InChI=1S/C20H26ClN3O2/c1-14-8-5-6-12-24(14)13-7-11-22-20(25)18-15(2)26-23-19(18)16-9-3-4-10-17(16)21/h3-4,9-10,14H,5-8,11-13H2,1-2H3,(H,22,25)/t14-/m1/s1. The number of nitrogens with one attached hydrogen (secondary N) is 1. The number of piperidine rings is 1. The van der Waals surface area contributed by atoms with Crippen LogP contribution in [0, 0.1) is 6.92 Å². The minimum Gasteiger partial charge on any atom is -0.360 e. The average Bonchev–Trinajstić information content (AvgIpc) is 3.02. The van der Waals surface area contributed by atoms with E-state index in [2.05, 4.69) is 22.3 Å². The second-order valence-electron chi connectivity index (χ2n) is 6.93. The van der Waals surface area contributed by atoms with Crippen molar-refractivity contribution >= 4 is 17.5 Å². The van der Waals surface area contributed by atoms with Gasteiger partial charge in [0, 0.05) is 24.7 Å². The second-order valence-corrected chi connectivity index (χ2v) is 7.34. The predicted octanol–water partition coefficient (Wildman–Crippen LogP) is 4.30. The first-order chi connectivity index (χ1) is 12.6. The smallest absolute Gasteiger partial charge is 0.257 e. The van der Waals surface area contributed by atoms with Crippen LogP contribution in [-0.4, -0.2) is 41.6 Å². The Morgan fingerprint density at radius 1 is 1.38 bits per heavy atom. The highest BCUT2D eigenvalue weighted by Crippen LogP contribution is 2.30. The van der Waals surface area contributed by atoms with Crippen molar-refractivity contribution in [1.82, 2.24) is 15.4 Å². The van der Waals surface area contributed by atoms with Crippen LogP contribution >= 0.6 is 11.6 Å². The summed E-state index contributed by atoms with van der Waals surface area (Å²) in [6.45, 7) is 6.85. The molecule has 1 aliphatic rings. The van der Waals surface area contributed by atoms with E-state index < -0.39 is 0 Å². The van der Waals surface area contributed by atoms with E-state index >= 15 is 0 Å². The number of nitrogens with zero attached hydrogens (tertiary/aromatic N) is 2. The van der Waals surface area contributed by atoms with Crippen molar-refractivity contribution < 1.29 is 9.32 Å². The van der Waals surface area contributed by atoms with Gasteiger partial charge in [-0.3, -0.25) is 4.79 Å². The van der Waals surface area contributed by atoms with Crippen LogP contribution in [-0.2, 0) is 0 Å². The Hall–Kier alpha value is -1.85. The predicted molar refractivity (Wildman–Crippen MR) is 104 cm³/mol. The first kappa shape index (κ1) is 18.9. The molecule has 0 saturated carbocycles. The summed E-state index contributed by atoms with van der Waals surface area (Å²) in [4.78, 5) is 15.2. The second kappa shape index (κ2) is 8.69. The molecule has 1 aromatic heterocycles. The first-order valence-corrected chi connectivity index (χ1v) is 9.69. The third-order valence-electron chi connectivity index (χ3n) is 5.07. The summed E-state index contributed by atoms with van der Waals surface area (Å²) in [6, 6.07) is 7.98. The van der Waals surface area contributed by atoms with Gasteiger partial charge in [-0.15, -0.1) is 0 Å². The summed E-state index contributed by atoms with van der Waals surface area (Å²) in [5.74, 6) is 0.340. The third-order valence-corrected chi connectivity index (χ3v) is 5.40. The molecule has 2 heterocycles. The van der Waals surface area contributed by atoms with Crippen LogP contribution in [0.2, 0.25) is 5.02 Å². The molecule has 0 unspecified atom stereocenters. The molecule has 3 rings (SSSR count). The zero-order valence-corrected chi connectivity index (χ0v) is 16.2. The molecule has 1 saturated heterocycles. The summed E-state index contributed by atoms with van der Waals surface area (Å²) >= 11 is 6.25. The van der Waals surface area contributed by atoms with Crippen molar-refractivity contribution in [3.8, 4) is 11.3 Å². The Bertz CT molecular complexity index is 759. The Morgan fingerprint density at radius 3 is 2.96 bits per heavy atom. The molecule has 2 aromatic rings. The zero-order chi connectivity index (χ0) is 18.5. The van der Waals surface area contributed by atoms with E-state index in [0.29, 0.717) is 40.2 Å². The minimum atomic E-state index is -0.162. The lowest BCUT2D eigenvalue weighted by atomic mass is 10.0. The van der Waals surface area contributed by atoms with Crippen LogP contribution in [0.5, 0.6) is 0 Å². The molecule has 1 amide bonds. The van der Waals surface area contributed by atoms with Gasteiger partial charge in [0.1, 0.15) is 17.0 Å². The van der Waals surface area contributed by atoms with Gasteiger partial charge in [0.25, 0.3) is 5.91 Å². The van der Waals surface area contributed by atoms with E-state index in [1.807, 2.05) is 18.2 Å². The van der Waals surface area contributed by atoms with Gasteiger partial charge in [-0.1, -0.05) is 41.4 Å². The maximum absolute atomic E-state index is 12.7. The number of aromatic nitrogens is 1. The number of hydrogen-bond acceptors (Lipinski definition) is 4. The number of carbonyl (C=O) groups is 1. The van der Waals surface area contributed by atoms with Gasteiger partial charge in [0.2, 0.25) is 0 Å². The molecule has 0 spiro atoms. The summed E-state index contributed by atoms with van der Waals surface area (Å²) in [7, 11) is 0. The number of halogens is 1. The Labute approximate surface area is 159 Å². The first-order valence-electron chi connectivity index (χ1n) is 9.31. The van der Waals surface area contributed by atoms with Gasteiger partial charge in [-0.05, 0) is 45.7 Å². The van der Waals surface area contributed by atoms with Gasteiger partial charge in [0.05, 0.1) is 5.02 Å². The molecule has 0 radical (unpaired) electrons. The fraction of sp³-hybridized carbons (Fsp3) is 0.500. The summed E-state index contributed by atoms with van der Waals surface area (Å²) in [5, 5.41) is 7.60. The third kappa shape index (κ3) is 4.27. The minimum absolute atomic E-state index is 0.162. The number of hydrogen-bond donors (Lipinski definition) is 1. The van der Waals surface area contributed by atoms with Crippen LogP contribution < -0.4 is 5.32 Å². The Balaban J connectivity index is 1.60. The molecule has 6 heteroatoms. The van der Waals surface area contributed by atoms with Crippen molar-refractivity contribution in [3.63, 3.8) is 0 Å². The SMILES string of the molecule is Cc1onc(-c2ccccc2Cl)c1C(=O)NCCCN1CCCC[C@H]1C. The van der Waals surface area contributed by atoms with Crippen LogP contribution in [0.4, 0.5) is 0 Å². The van der Waals surface area contributed by atoms with Gasteiger partial charge < -0.3 is 14.7 Å². The van der Waals surface area contributed by atoms with Gasteiger partial charge in [-0.25, -0.2) is 0 Å². The van der Waals surface area contributed by atoms with Crippen molar-refractivity contribution in [2.45, 2.75) is 45.6 Å². The molecule has 1 aliphatic heterocycles. The van der Waals surface area contributed by atoms with Crippen LogP contribution in [0.25, 0.3) is 11.3 Å². The topological polar surface area (TPSA) is 58.4 Å². The average molecular weight is 376 g/mol. The number of benzene rings is 1. The van der Waals surface area contributed by atoms with E-state index in [1.165, 1.54) is 19.3 Å². The van der Waals surface area contributed by atoms with Crippen LogP contribution in [0.1, 0.15) is 48.7 Å². The maximum Gasteiger partial charge on any atom is 0.257 e. The molecule has 0 aliphatic carbocycles. The summed E-state index contributed by atoms with van der Waals surface area (Å²) in [6.07, 6.45) is 4.80. The molecule has 26 heavy (non-hydrogen) atoms. The quantitative estimate of drug-likeness (QED) is 0.765. The number of aryl methyl sites for hydroxylation is 1. The molecule has 1 fully saturated rings. The van der Waals surface area contributed by atoms with E-state index in [1.54, 1.807) is 13.0 Å². The monoisotopic (exact) mass is 375 g/mol. The van der Waals surface area contributed by atoms with Crippen molar-refractivity contribution in [2.24, 2.45) is 0 Å². The number of carbonyl (C=O) groups excluding carboxylic acids is 1. The number of likely N-dealkylation sites (tertiary alicyclic amines) is 1. The van der Waals surface area contributed by atoms with Crippen molar-refractivity contribution in [1.29, 1.82) is 0 Å². The number of amides is 1. The highest BCUT2D eigenvalue weighted by molar-refractivity contribution is 6.33. The maximum atomic E-state index is 12.7. The normalized spacial score (nSPS) is 18.0. The largest absolute Gasteiger partial charge is 0.360 e. The van der Waals surface area contributed by atoms with Crippen LogP contribution in [0.15, 0.2) is 28.8 Å². The van der Waals surface area contributed by atoms with E-state index in [4.69, 9.17) is 16.1 Å². The molecular weight excluding hydrogens is 350 g/mol. The van der Waals surface area contributed by atoms with Gasteiger partial charge in [0.15, 0.2) is 0 Å². The van der Waals surface area contributed by atoms with Gasteiger partial charge >= 0.3 is 0 Å². The number of rotatable bonds is 6. The van der Waals surface area contributed by atoms with Gasteiger partial charge in [-0.2, -0.15) is 0 Å². The Kier molecular flexibility index (Phi) is 6.33. The van der Waals surface area contributed by atoms with Crippen molar-refractivity contribution in [2.75, 3.05) is 19.6 Å². The fourth-order valence-corrected chi connectivity index (χ4v) is 3.76. The van der Waals surface area contributed by atoms with Crippen LogP contribution in [0.3, 0.4) is 0 Å². The molecular formula is C20H26ClN3O2. The Morgan fingerprint density at radius 2 is 2.19 bits per heavy atom. The highest BCUT2D eigenvalue weighted by Gasteiger charge is 2.23. The molecule has 5 nitrogen and oxygen atoms in total. The van der Waals surface area contributed by atoms with E-state index in [9.17, 15) is 4.79 Å². The summed E-state index contributed by atoms with van der Waals surface area (Å²) in [5.41, 5.74) is 1.66. The molecule has 1 aromatic carbocycles. The zero-order valence-electron chi connectivity index (χ0n) is 15.4. The molecule has 140 valence electrons. The highest BCUT2D eigenvalue weighted by atomic mass is 35.5. The fourth-order valence-electron chi connectivity index (χ4n) is 3.54. The van der Waals surface area contributed by atoms with E-state index in [-0.39, 0.29) is 5.91 Å². The lowest BCUT2D eigenvalue weighted by Crippen LogP contribution is -2.39. The van der Waals surface area contributed by atoms with Crippen molar-refractivity contribution in [3.05, 3.63) is 40.6 Å². The van der Waals surface area contributed by atoms with E-state index in [0.717, 1.165) is 19.5 Å².